The molecule has 1 aliphatic rings. The third-order valence-corrected chi connectivity index (χ3v) is 4.20. The number of aryl methyl sites for hydroxylation is 2. The maximum Gasteiger partial charge on any atom is 0.114 e. The molecule has 6 heteroatoms. The third-order valence-electron chi connectivity index (χ3n) is 3.95. The summed E-state index contributed by atoms with van der Waals surface area (Å²) in [5.41, 5.74) is 3.43. The molecule has 2 aromatic rings. The van der Waals surface area contributed by atoms with E-state index in [0.717, 1.165) is 29.4 Å². The summed E-state index contributed by atoms with van der Waals surface area (Å²) in [6, 6.07) is 10.4. The van der Waals surface area contributed by atoms with Crippen LogP contribution in [0.3, 0.4) is 0 Å². The van der Waals surface area contributed by atoms with Gasteiger partial charge in [-0.2, -0.15) is 5.10 Å². The molecule has 1 aliphatic heterocycles. The second-order valence-electron chi connectivity index (χ2n) is 5.59. The molecule has 1 saturated heterocycles. The van der Waals surface area contributed by atoms with Crippen LogP contribution in [0, 0.1) is 6.92 Å². The van der Waals surface area contributed by atoms with E-state index in [9.17, 15) is 0 Å². The molecule has 1 aromatic carbocycles. The van der Waals surface area contributed by atoms with Crippen molar-refractivity contribution in [3.8, 4) is 0 Å². The predicted molar refractivity (Wildman–Crippen MR) is 90.8 cm³/mol. The van der Waals surface area contributed by atoms with E-state index in [1.54, 1.807) is 0 Å². The Kier molecular flexibility index (Phi) is 5.87. The number of halogens is 2. The highest BCUT2D eigenvalue weighted by Crippen LogP contribution is 2.21. The van der Waals surface area contributed by atoms with Gasteiger partial charge in [-0.15, -0.1) is 12.4 Å². The van der Waals surface area contributed by atoms with Crippen LogP contribution in [0.5, 0.6) is 0 Å². The number of aromatic nitrogens is 2. The highest BCUT2D eigenvalue weighted by molar-refractivity contribution is 6.30. The van der Waals surface area contributed by atoms with Gasteiger partial charge >= 0.3 is 0 Å². The van der Waals surface area contributed by atoms with E-state index in [4.69, 9.17) is 16.3 Å². The minimum absolute atomic E-state index is 0. The molecule has 0 unspecified atom stereocenters. The summed E-state index contributed by atoms with van der Waals surface area (Å²) < 4.78 is 7.86. The van der Waals surface area contributed by atoms with Crippen molar-refractivity contribution in [2.75, 3.05) is 13.2 Å². The fourth-order valence-electron chi connectivity index (χ4n) is 2.60. The van der Waals surface area contributed by atoms with Crippen LogP contribution in [-0.2, 0) is 18.2 Å². The van der Waals surface area contributed by atoms with E-state index in [0.29, 0.717) is 12.6 Å². The Bertz CT molecular complexity index is 585. The molecule has 22 heavy (non-hydrogen) atoms. The summed E-state index contributed by atoms with van der Waals surface area (Å²) in [7, 11) is 1.96. The fraction of sp³-hybridized carbons (Fsp3) is 0.438. The Morgan fingerprint density at radius 1 is 1.36 bits per heavy atom. The molecule has 0 spiro atoms. The molecule has 2 heterocycles. The van der Waals surface area contributed by atoms with Crippen molar-refractivity contribution in [2.45, 2.75) is 25.5 Å². The minimum Gasteiger partial charge on any atom is -0.369 e. The highest BCUT2D eigenvalue weighted by atomic mass is 35.5. The average molecular weight is 342 g/mol. The zero-order valence-corrected chi connectivity index (χ0v) is 14.3. The summed E-state index contributed by atoms with van der Waals surface area (Å²) in [5.74, 6) is 0. The number of hydrogen-bond acceptors (Lipinski definition) is 3. The first-order valence-corrected chi connectivity index (χ1v) is 7.59. The Morgan fingerprint density at radius 3 is 2.64 bits per heavy atom. The molecule has 0 amide bonds. The van der Waals surface area contributed by atoms with Gasteiger partial charge in [-0.3, -0.25) is 4.68 Å². The third kappa shape index (κ3) is 4.02. The van der Waals surface area contributed by atoms with Gasteiger partial charge < -0.3 is 10.1 Å². The van der Waals surface area contributed by atoms with Crippen LogP contribution in [0.15, 0.2) is 30.3 Å². The van der Waals surface area contributed by atoms with E-state index in [1.807, 2.05) is 23.9 Å². The second-order valence-corrected chi connectivity index (χ2v) is 6.03. The number of hydrogen-bond donors (Lipinski definition) is 1. The molecular weight excluding hydrogens is 321 g/mol. The summed E-state index contributed by atoms with van der Waals surface area (Å²) in [6.45, 7) is 3.55. The monoisotopic (exact) mass is 341 g/mol. The Hall–Kier alpha value is -1.07. The zero-order valence-electron chi connectivity index (χ0n) is 12.8. The minimum atomic E-state index is 0. The van der Waals surface area contributed by atoms with Crippen molar-refractivity contribution in [3.05, 3.63) is 52.3 Å². The largest absolute Gasteiger partial charge is 0.369 e. The van der Waals surface area contributed by atoms with Gasteiger partial charge in [0.05, 0.1) is 12.3 Å². The Labute approximate surface area is 142 Å². The lowest BCUT2D eigenvalue weighted by Gasteiger charge is -2.29. The van der Waals surface area contributed by atoms with Crippen LogP contribution >= 0.6 is 24.0 Å². The number of benzene rings is 1. The van der Waals surface area contributed by atoms with E-state index in [2.05, 4.69) is 35.5 Å². The van der Waals surface area contributed by atoms with E-state index >= 15 is 0 Å². The van der Waals surface area contributed by atoms with Gasteiger partial charge in [0.25, 0.3) is 0 Å². The van der Waals surface area contributed by atoms with Gasteiger partial charge in [0.2, 0.25) is 0 Å². The summed E-state index contributed by atoms with van der Waals surface area (Å²) in [4.78, 5) is 0. The average Bonchev–Trinajstić information content (AvgIpc) is 2.82. The van der Waals surface area contributed by atoms with Gasteiger partial charge in [-0.1, -0.05) is 23.7 Å². The van der Waals surface area contributed by atoms with Crippen molar-refractivity contribution in [2.24, 2.45) is 7.05 Å². The fourth-order valence-corrected chi connectivity index (χ4v) is 2.72. The van der Waals surface area contributed by atoms with Crippen molar-refractivity contribution in [1.82, 2.24) is 15.1 Å². The molecule has 1 N–H and O–H groups in total. The van der Waals surface area contributed by atoms with Crippen LogP contribution < -0.4 is 5.32 Å². The van der Waals surface area contributed by atoms with Crippen LogP contribution in [0.2, 0.25) is 5.02 Å². The molecule has 0 bridgehead atoms. The SMILES string of the molecule is Cc1cc([C@H]2CN[C@@H](Cc3ccc(Cl)cc3)CO2)nn1C.Cl. The highest BCUT2D eigenvalue weighted by Gasteiger charge is 2.24. The van der Waals surface area contributed by atoms with Gasteiger partial charge in [0, 0.05) is 30.4 Å². The van der Waals surface area contributed by atoms with Crippen LogP contribution in [0.1, 0.15) is 23.1 Å². The van der Waals surface area contributed by atoms with Gasteiger partial charge in [0.15, 0.2) is 0 Å². The maximum absolute atomic E-state index is 5.98. The van der Waals surface area contributed by atoms with Crippen LogP contribution in [0.4, 0.5) is 0 Å². The summed E-state index contributed by atoms with van der Waals surface area (Å²) in [5, 5.41) is 8.82. The number of nitrogens with one attached hydrogen (secondary N) is 1. The van der Waals surface area contributed by atoms with E-state index in [1.165, 1.54) is 5.56 Å². The smallest absolute Gasteiger partial charge is 0.114 e. The van der Waals surface area contributed by atoms with Crippen molar-refractivity contribution < 1.29 is 4.74 Å². The number of ether oxygens (including phenoxy) is 1. The lowest BCUT2D eigenvalue weighted by molar-refractivity contribution is 0.000437. The molecule has 0 radical (unpaired) electrons. The van der Waals surface area contributed by atoms with E-state index < -0.39 is 0 Å². The Balaban J connectivity index is 0.00000176. The molecule has 0 aliphatic carbocycles. The number of morpholine rings is 1. The van der Waals surface area contributed by atoms with Gasteiger partial charge in [-0.05, 0) is 37.1 Å². The molecule has 3 rings (SSSR count). The molecule has 4 nitrogen and oxygen atoms in total. The van der Waals surface area contributed by atoms with E-state index in [-0.39, 0.29) is 18.5 Å². The quantitative estimate of drug-likeness (QED) is 0.932. The second kappa shape index (κ2) is 7.47. The lowest BCUT2D eigenvalue weighted by atomic mass is 10.0. The first-order valence-electron chi connectivity index (χ1n) is 7.22. The molecule has 2 atom stereocenters. The topological polar surface area (TPSA) is 39.1 Å². The standard InChI is InChI=1S/C16H20ClN3O.ClH/c1-11-7-15(19-20(11)2)16-9-18-14(10-21-16)8-12-3-5-13(17)6-4-12;/h3-7,14,16,18H,8-10H2,1-2H3;1H/t14-,16+;/m0./s1. The van der Waals surface area contributed by atoms with Gasteiger partial charge in [-0.25, -0.2) is 0 Å². The van der Waals surface area contributed by atoms with Gasteiger partial charge in [0.1, 0.15) is 6.10 Å². The zero-order chi connectivity index (χ0) is 14.8. The number of nitrogens with zero attached hydrogens (tertiary/aromatic N) is 2. The lowest BCUT2D eigenvalue weighted by Crippen LogP contribution is -2.44. The maximum atomic E-state index is 5.98. The predicted octanol–water partition coefficient (Wildman–Crippen LogP) is 3.08. The molecule has 1 fully saturated rings. The normalized spacial score (nSPS) is 21.4. The first kappa shape index (κ1) is 17.3. The number of rotatable bonds is 3. The first-order chi connectivity index (χ1) is 10.1. The summed E-state index contributed by atoms with van der Waals surface area (Å²) in [6.07, 6.45) is 0.997. The van der Waals surface area contributed by atoms with Crippen molar-refractivity contribution >= 4 is 24.0 Å². The van der Waals surface area contributed by atoms with Crippen LogP contribution in [0.25, 0.3) is 0 Å². The molecule has 0 saturated carbocycles. The van der Waals surface area contributed by atoms with Crippen molar-refractivity contribution in [3.63, 3.8) is 0 Å². The summed E-state index contributed by atoms with van der Waals surface area (Å²) >= 11 is 5.91. The molecule has 120 valence electrons. The molecule has 1 aromatic heterocycles. The van der Waals surface area contributed by atoms with Crippen molar-refractivity contribution in [1.29, 1.82) is 0 Å². The molecular formula is C16H21Cl2N3O. The van der Waals surface area contributed by atoms with Crippen LogP contribution in [-0.4, -0.2) is 29.0 Å². The Morgan fingerprint density at radius 2 is 2.09 bits per heavy atom.